The molecular weight excluding hydrogens is 370 g/mol. The topological polar surface area (TPSA) is 126 Å². The first-order chi connectivity index (χ1) is 14.0. The number of hydrogen-bond acceptors (Lipinski definition) is 8. The number of aromatic nitrogens is 4. The zero-order valence-electron chi connectivity index (χ0n) is 17.4. The molecule has 3 aromatic rings. The smallest absolute Gasteiger partial charge is 0.222 e. The van der Waals surface area contributed by atoms with Crippen molar-refractivity contribution in [3.8, 4) is 11.5 Å². The van der Waals surface area contributed by atoms with E-state index in [1.165, 1.54) is 0 Å². The normalized spacial score (nSPS) is 12.2. The molecule has 1 aromatic carbocycles. The highest BCUT2D eigenvalue weighted by Gasteiger charge is 2.17. The zero-order chi connectivity index (χ0) is 21.0. The molecule has 0 unspecified atom stereocenters. The Kier molecular flexibility index (Phi) is 6.38. The second kappa shape index (κ2) is 8.95. The lowest BCUT2D eigenvalue weighted by Crippen LogP contribution is -2.09. The minimum Gasteiger partial charge on any atom is -0.496 e. The van der Waals surface area contributed by atoms with Gasteiger partial charge in [0.15, 0.2) is 11.3 Å². The van der Waals surface area contributed by atoms with Crippen LogP contribution >= 0.6 is 0 Å². The van der Waals surface area contributed by atoms with Crippen molar-refractivity contribution < 1.29 is 9.47 Å². The van der Waals surface area contributed by atoms with Crippen LogP contribution in [0.1, 0.15) is 43.9 Å². The fourth-order valence-electron chi connectivity index (χ4n) is 3.15. The third-order valence-electron chi connectivity index (χ3n) is 4.73. The van der Waals surface area contributed by atoms with E-state index in [-0.39, 0.29) is 12.0 Å². The van der Waals surface area contributed by atoms with Gasteiger partial charge in [0.25, 0.3) is 0 Å². The Bertz CT molecular complexity index is 959. The number of methoxy groups -OCH3 is 2. The predicted molar refractivity (Wildman–Crippen MR) is 114 cm³/mol. The maximum Gasteiger partial charge on any atom is 0.222 e. The van der Waals surface area contributed by atoms with Crippen molar-refractivity contribution >= 4 is 22.8 Å². The molecule has 3 rings (SSSR count). The molecule has 2 aromatic heterocycles. The minimum absolute atomic E-state index is 0.130. The maximum atomic E-state index is 6.03. The van der Waals surface area contributed by atoms with Gasteiger partial charge in [-0.05, 0) is 31.0 Å². The van der Waals surface area contributed by atoms with E-state index in [9.17, 15) is 0 Å². The van der Waals surface area contributed by atoms with E-state index in [2.05, 4.69) is 27.3 Å². The summed E-state index contributed by atoms with van der Waals surface area (Å²) >= 11 is 0. The molecule has 0 aliphatic rings. The summed E-state index contributed by atoms with van der Waals surface area (Å²) in [4.78, 5) is 8.62. The lowest BCUT2D eigenvalue weighted by molar-refractivity contribution is 0.380. The molecule has 9 heteroatoms. The van der Waals surface area contributed by atoms with Crippen molar-refractivity contribution in [2.45, 2.75) is 39.3 Å². The van der Waals surface area contributed by atoms with Crippen molar-refractivity contribution in [3.05, 3.63) is 29.5 Å². The third-order valence-corrected chi connectivity index (χ3v) is 4.73. The molecule has 1 atom stereocenters. The highest BCUT2D eigenvalue weighted by atomic mass is 16.5. The molecule has 29 heavy (non-hydrogen) atoms. The van der Waals surface area contributed by atoms with E-state index < -0.39 is 0 Å². The molecule has 156 valence electrons. The summed E-state index contributed by atoms with van der Waals surface area (Å²) in [6.07, 6.45) is 3.96. The summed E-state index contributed by atoms with van der Waals surface area (Å²) in [5, 5.41) is 7.98. The number of nitrogens with one attached hydrogen (secondary N) is 1. The Hall–Kier alpha value is -3.07. The van der Waals surface area contributed by atoms with E-state index in [0.717, 1.165) is 30.5 Å². The van der Waals surface area contributed by atoms with Crippen LogP contribution < -0.4 is 26.3 Å². The monoisotopic (exact) mass is 399 g/mol. The number of anilines is 2. The second-order valence-corrected chi connectivity index (χ2v) is 6.96. The molecule has 0 spiro atoms. The largest absolute Gasteiger partial charge is 0.496 e. The number of rotatable bonds is 9. The molecule has 0 saturated heterocycles. The van der Waals surface area contributed by atoms with Gasteiger partial charge in [0.1, 0.15) is 17.0 Å². The van der Waals surface area contributed by atoms with Crippen LogP contribution in [0, 0.1) is 0 Å². The minimum atomic E-state index is -0.130. The van der Waals surface area contributed by atoms with Gasteiger partial charge >= 0.3 is 0 Å². The van der Waals surface area contributed by atoms with Gasteiger partial charge < -0.3 is 26.3 Å². The van der Waals surface area contributed by atoms with Crippen LogP contribution in [0.15, 0.2) is 18.3 Å². The van der Waals surface area contributed by atoms with E-state index in [0.29, 0.717) is 34.9 Å². The lowest BCUT2D eigenvalue weighted by atomic mass is 10.0. The average molecular weight is 399 g/mol. The fourth-order valence-corrected chi connectivity index (χ4v) is 3.15. The Balaban J connectivity index is 1.99. The summed E-state index contributed by atoms with van der Waals surface area (Å²) in [6.45, 7) is 5.30. The summed E-state index contributed by atoms with van der Waals surface area (Å²) in [7, 11) is 3.26. The summed E-state index contributed by atoms with van der Waals surface area (Å²) in [5.74, 6) is 2.25. The Morgan fingerprint density at radius 1 is 1.17 bits per heavy atom. The standard InChI is InChI=1S/C20H29N7O2/c1-5-6-7-23-19-18-15(24-20(22)25-19)11-27(26-18)10-14-16(28-3)8-13(12(2)21)9-17(14)29-4/h8-9,11-12H,5-7,10,21H2,1-4H3,(H3,22,23,24,25)/t12-/m0/s1. The zero-order valence-corrected chi connectivity index (χ0v) is 17.4. The van der Waals surface area contributed by atoms with Crippen LogP contribution in [0.25, 0.3) is 11.0 Å². The van der Waals surface area contributed by atoms with Gasteiger partial charge in [-0.15, -0.1) is 0 Å². The first-order valence-corrected chi connectivity index (χ1v) is 9.71. The lowest BCUT2D eigenvalue weighted by Gasteiger charge is -2.17. The van der Waals surface area contributed by atoms with Crippen LogP contribution in [0.5, 0.6) is 11.5 Å². The maximum absolute atomic E-state index is 6.03. The number of unbranched alkanes of at least 4 members (excludes halogenated alkanes) is 1. The molecule has 5 N–H and O–H groups in total. The molecule has 0 aliphatic carbocycles. The first-order valence-electron chi connectivity index (χ1n) is 9.71. The predicted octanol–water partition coefficient (Wildman–Crippen LogP) is 2.71. The van der Waals surface area contributed by atoms with E-state index >= 15 is 0 Å². The molecule has 9 nitrogen and oxygen atoms in total. The Morgan fingerprint density at radius 2 is 1.86 bits per heavy atom. The number of nitrogens with two attached hydrogens (primary N) is 2. The number of ether oxygens (including phenoxy) is 2. The number of nitrogens with zero attached hydrogens (tertiary/aromatic N) is 4. The number of fused-ring (bicyclic) bond motifs is 1. The van der Waals surface area contributed by atoms with E-state index in [1.54, 1.807) is 18.9 Å². The second-order valence-electron chi connectivity index (χ2n) is 6.96. The molecule has 0 amide bonds. The summed E-state index contributed by atoms with van der Waals surface area (Å²) in [5.41, 5.74) is 15.1. The summed E-state index contributed by atoms with van der Waals surface area (Å²) < 4.78 is 13.0. The Morgan fingerprint density at radius 3 is 2.45 bits per heavy atom. The quantitative estimate of drug-likeness (QED) is 0.469. The third kappa shape index (κ3) is 4.51. The van der Waals surface area contributed by atoms with Crippen LogP contribution in [-0.4, -0.2) is 40.5 Å². The fraction of sp³-hybridized carbons (Fsp3) is 0.450. The van der Waals surface area contributed by atoms with Gasteiger partial charge in [-0.2, -0.15) is 10.1 Å². The Labute approximate surface area is 170 Å². The van der Waals surface area contributed by atoms with Gasteiger partial charge in [-0.1, -0.05) is 13.3 Å². The van der Waals surface area contributed by atoms with Crippen molar-refractivity contribution in [3.63, 3.8) is 0 Å². The van der Waals surface area contributed by atoms with Crippen LogP contribution in [0.3, 0.4) is 0 Å². The molecule has 0 aliphatic heterocycles. The molecular formula is C20H29N7O2. The van der Waals surface area contributed by atoms with Gasteiger partial charge in [0.05, 0.1) is 32.5 Å². The van der Waals surface area contributed by atoms with Crippen LogP contribution in [0.4, 0.5) is 11.8 Å². The van der Waals surface area contributed by atoms with E-state index in [4.69, 9.17) is 20.9 Å². The summed E-state index contributed by atoms with van der Waals surface area (Å²) in [6, 6.07) is 3.73. The van der Waals surface area contributed by atoms with Gasteiger partial charge in [-0.3, -0.25) is 4.68 Å². The van der Waals surface area contributed by atoms with Crippen LogP contribution in [-0.2, 0) is 6.54 Å². The molecule has 0 fully saturated rings. The first kappa shape index (κ1) is 20.7. The van der Waals surface area contributed by atoms with Gasteiger partial charge in [0.2, 0.25) is 5.95 Å². The van der Waals surface area contributed by atoms with E-state index in [1.807, 2.05) is 25.3 Å². The molecule has 2 heterocycles. The average Bonchev–Trinajstić information content (AvgIpc) is 3.10. The number of hydrogen-bond donors (Lipinski definition) is 3. The van der Waals surface area contributed by atoms with Gasteiger partial charge in [-0.25, -0.2) is 4.98 Å². The van der Waals surface area contributed by atoms with Crippen molar-refractivity contribution in [2.75, 3.05) is 31.8 Å². The van der Waals surface area contributed by atoms with Crippen molar-refractivity contribution in [1.29, 1.82) is 0 Å². The molecule has 0 radical (unpaired) electrons. The highest BCUT2D eigenvalue weighted by molar-refractivity contribution is 5.85. The molecule has 0 saturated carbocycles. The van der Waals surface area contributed by atoms with Gasteiger partial charge in [0, 0.05) is 12.6 Å². The SMILES string of the molecule is CCCCNc1nc(N)nc2cn(Cc3c(OC)cc([C@H](C)N)cc3OC)nc12. The van der Waals surface area contributed by atoms with Crippen molar-refractivity contribution in [2.24, 2.45) is 5.73 Å². The molecule has 0 bridgehead atoms. The number of nitrogen functional groups attached to an aromatic ring is 1. The van der Waals surface area contributed by atoms with Crippen molar-refractivity contribution in [1.82, 2.24) is 19.7 Å². The highest BCUT2D eigenvalue weighted by Crippen LogP contribution is 2.33. The number of benzene rings is 1. The van der Waals surface area contributed by atoms with Crippen LogP contribution in [0.2, 0.25) is 0 Å².